The van der Waals surface area contributed by atoms with Crippen molar-refractivity contribution < 1.29 is 48.3 Å². The third-order valence-corrected chi connectivity index (χ3v) is 11.4. The van der Waals surface area contributed by atoms with Crippen molar-refractivity contribution in [2.75, 3.05) is 0 Å². The van der Waals surface area contributed by atoms with Crippen LogP contribution in [-0.2, 0) is 12.1 Å². The summed E-state index contributed by atoms with van der Waals surface area (Å²) in [6.45, 7) is 8.15. The fourth-order valence-electron chi connectivity index (χ4n) is 6.20. The molecule has 0 amide bonds. The standard InChI is InChI=1S/C33H24F11NSe/c1-16-18(15-27(2,3)4)9-10-21-22-11-12-45-24(26(22)46-25(16)21)19-13-17-7-5-6-8-20(17)23(14-19)28(34)29(35,36)31(39,40)33(43,44)32(41,42)30(28,37)38/h5-14H,15H2,1-4H3. The summed E-state index contributed by atoms with van der Waals surface area (Å²) >= 11 is -0.522. The summed E-state index contributed by atoms with van der Waals surface area (Å²) in [6.07, 6.45) is 2.07. The van der Waals surface area contributed by atoms with Crippen molar-refractivity contribution in [3.05, 3.63) is 77.5 Å². The van der Waals surface area contributed by atoms with E-state index in [2.05, 4.69) is 25.8 Å². The van der Waals surface area contributed by atoms with Crippen molar-refractivity contribution in [3.8, 4) is 11.3 Å². The van der Waals surface area contributed by atoms with E-state index >= 15 is 22.0 Å². The van der Waals surface area contributed by atoms with Crippen LogP contribution in [-0.4, -0.2) is 49.1 Å². The van der Waals surface area contributed by atoms with E-state index in [1.165, 1.54) is 18.3 Å². The summed E-state index contributed by atoms with van der Waals surface area (Å²) in [5.74, 6) is -35.7. The second kappa shape index (κ2) is 9.69. The Kier molecular flexibility index (Phi) is 6.90. The summed E-state index contributed by atoms with van der Waals surface area (Å²) in [4.78, 5) is 4.29. The number of pyridine rings is 1. The first-order valence-electron chi connectivity index (χ1n) is 13.9. The van der Waals surface area contributed by atoms with Gasteiger partial charge in [-0.25, -0.2) is 0 Å². The molecule has 0 bridgehead atoms. The minimum atomic E-state index is -7.30. The predicted molar refractivity (Wildman–Crippen MR) is 155 cm³/mol. The van der Waals surface area contributed by atoms with Gasteiger partial charge in [0, 0.05) is 0 Å². The van der Waals surface area contributed by atoms with Crippen LogP contribution in [0, 0.1) is 12.3 Å². The van der Waals surface area contributed by atoms with Gasteiger partial charge in [0.2, 0.25) is 0 Å². The van der Waals surface area contributed by atoms with Crippen LogP contribution in [0.2, 0.25) is 0 Å². The Hall–Kier alpha value is -3.18. The number of aryl methyl sites for hydroxylation is 1. The molecular formula is C33H24F11NSe. The van der Waals surface area contributed by atoms with Gasteiger partial charge in [0.15, 0.2) is 0 Å². The summed E-state index contributed by atoms with van der Waals surface area (Å²) in [5, 5.41) is 0.340. The molecule has 244 valence electrons. The fraction of sp³-hybridized carbons (Fsp3) is 0.364. The quantitative estimate of drug-likeness (QED) is 0.134. The molecule has 1 aliphatic carbocycles. The predicted octanol–water partition coefficient (Wildman–Crippen LogP) is 10.5. The number of rotatable bonds is 3. The summed E-state index contributed by atoms with van der Waals surface area (Å²) in [7, 11) is 0. The molecule has 0 unspecified atom stereocenters. The number of nitrogens with zero attached hydrogens (tertiary/aromatic N) is 1. The summed E-state index contributed by atoms with van der Waals surface area (Å²) in [6, 6.07) is 11.4. The monoisotopic (exact) mass is 723 g/mol. The average Bonchev–Trinajstić information content (AvgIpc) is 3.35. The molecule has 13 heteroatoms. The average molecular weight is 723 g/mol. The number of hydrogen-bond acceptors (Lipinski definition) is 1. The molecule has 0 radical (unpaired) electrons. The zero-order valence-corrected chi connectivity index (χ0v) is 26.2. The molecule has 1 fully saturated rings. The number of aromatic nitrogens is 1. The maximum absolute atomic E-state index is 16.5. The van der Waals surface area contributed by atoms with E-state index in [0.717, 1.165) is 45.4 Å². The second-order valence-electron chi connectivity index (χ2n) is 12.9. The Bertz CT molecular complexity index is 2010. The molecule has 6 rings (SSSR count). The first-order valence-corrected chi connectivity index (χ1v) is 15.7. The molecule has 0 saturated heterocycles. The fourth-order valence-corrected chi connectivity index (χ4v) is 9.00. The summed E-state index contributed by atoms with van der Waals surface area (Å²) < 4.78 is 165. The molecule has 3 aromatic carbocycles. The molecule has 1 nitrogen and oxygen atoms in total. The van der Waals surface area contributed by atoms with E-state index in [0.29, 0.717) is 15.7 Å². The van der Waals surface area contributed by atoms with Crippen molar-refractivity contribution in [1.82, 2.24) is 4.98 Å². The molecule has 1 aliphatic rings. The number of alkyl halides is 11. The van der Waals surface area contributed by atoms with Crippen LogP contribution >= 0.6 is 0 Å². The van der Waals surface area contributed by atoms with Crippen molar-refractivity contribution in [3.63, 3.8) is 0 Å². The van der Waals surface area contributed by atoms with Crippen molar-refractivity contribution >= 4 is 44.6 Å². The Morgan fingerprint density at radius 2 is 1.22 bits per heavy atom. The van der Waals surface area contributed by atoms with Gasteiger partial charge in [0.1, 0.15) is 0 Å². The molecule has 5 aromatic rings. The Labute approximate surface area is 261 Å². The zero-order chi connectivity index (χ0) is 34.0. The van der Waals surface area contributed by atoms with Crippen LogP contribution in [0.5, 0.6) is 0 Å². The van der Waals surface area contributed by atoms with Crippen molar-refractivity contribution in [2.24, 2.45) is 5.41 Å². The first-order chi connectivity index (χ1) is 21.0. The molecule has 2 heterocycles. The Morgan fingerprint density at radius 3 is 1.83 bits per heavy atom. The topological polar surface area (TPSA) is 12.9 Å². The first kappa shape index (κ1) is 32.7. The number of fused-ring (bicyclic) bond motifs is 4. The Balaban J connectivity index is 1.67. The molecule has 0 atom stereocenters. The second-order valence-corrected chi connectivity index (χ2v) is 15.0. The van der Waals surface area contributed by atoms with Crippen LogP contribution in [0.15, 0.2) is 60.8 Å². The van der Waals surface area contributed by atoms with Crippen molar-refractivity contribution in [2.45, 2.75) is 69.4 Å². The van der Waals surface area contributed by atoms with Crippen LogP contribution < -0.4 is 0 Å². The van der Waals surface area contributed by atoms with Gasteiger partial charge in [-0.3, -0.25) is 0 Å². The zero-order valence-electron chi connectivity index (χ0n) is 24.5. The van der Waals surface area contributed by atoms with Crippen molar-refractivity contribution in [1.29, 1.82) is 0 Å². The normalized spacial score (nSPS) is 21.2. The minimum absolute atomic E-state index is 0.00707. The molecular weight excluding hydrogens is 698 g/mol. The third-order valence-electron chi connectivity index (χ3n) is 8.59. The molecule has 0 spiro atoms. The van der Waals surface area contributed by atoms with E-state index in [4.69, 9.17) is 0 Å². The number of benzene rings is 3. The molecule has 0 aliphatic heterocycles. The van der Waals surface area contributed by atoms with E-state index in [-0.39, 0.29) is 22.1 Å². The SMILES string of the molecule is Cc1c(CC(C)(C)C)ccc2c1[se]c1c(-c3cc(C4(F)C(F)(F)C(F)(F)C(F)(F)C(F)(F)C4(F)F)c4ccccc4c3)nccc12. The summed E-state index contributed by atoms with van der Waals surface area (Å²) in [5.41, 5.74) is -6.58. The van der Waals surface area contributed by atoms with Gasteiger partial charge < -0.3 is 0 Å². The van der Waals surface area contributed by atoms with Gasteiger partial charge in [-0.15, -0.1) is 0 Å². The molecule has 2 aromatic heterocycles. The number of halogens is 11. The van der Waals surface area contributed by atoms with Crippen LogP contribution in [0.3, 0.4) is 0 Å². The maximum atomic E-state index is 16.5. The van der Waals surface area contributed by atoms with Crippen LogP contribution in [0.25, 0.3) is 41.3 Å². The van der Waals surface area contributed by atoms with Gasteiger partial charge in [-0.2, -0.15) is 0 Å². The van der Waals surface area contributed by atoms with E-state index in [1.807, 2.05) is 19.1 Å². The van der Waals surface area contributed by atoms with Gasteiger partial charge in [-0.05, 0) is 0 Å². The van der Waals surface area contributed by atoms with Gasteiger partial charge in [0.05, 0.1) is 0 Å². The molecule has 1 saturated carbocycles. The van der Waals surface area contributed by atoms with Gasteiger partial charge in [-0.1, -0.05) is 0 Å². The van der Waals surface area contributed by atoms with E-state index in [9.17, 15) is 26.3 Å². The Morgan fingerprint density at radius 1 is 0.652 bits per heavy atom. The number of hydrogen-bond donors (Lipinski definition) is 0. The van der Waals surface area contributed by atoms with Gasteiger partial charge >= 0.3 is 261 Å². The third kappa shape index (κ3) is 3.96. The molecule has 46 heavy (non-hydrogen) atoms. The molecule has 0 N–H and O–H groups in total. The van der Waals surface area contributed by atoms with E-state index in [1.54, 1.807) is 6.07 Å². The van der Waals surface area contributed by atoms with Crippen LogP contribution in [0.1, 0.15) is 37.5 Å². The van der Waals surface area contributed by atoms with E-state index < -0.39 is 60.7 Å². The van der Waals surface area contributed by atoms with Gasteiger partial charge in [0.25, 0.3) is 0 Å². The van der Waals surface area contributed by atoms with Crippen LogP contribution in [0.4, 0.5) is 48.3 Å².